The Morgan fingerprint density at radius 1 is 1.20 bits per heavy atom. The molecule has 7 heteroatoms. The lowest BCUT2D eigenvalue weighted by atomic mass is 10.2. The Morgan fingerprint density at radius 3 is 2.40 bits per heavy atom. The Kier molecular flexibility index (Phi) is 3.98. The third kappa shape index (κ3) is 3.54. The number of sulfonamides is 1. The highest BCUT2D eigenvalue weighted by atomic mass is 32.2. The van der Waals surface area contributed by atoms with E-state index < -0.39 is 10.0 Å². The highest BCUT2D eigenvalue weighted by Gasteiger charge is 2.06. The minimum absolute atomic E-state index is 0.0812. The van der Waals surface area contributed by atoms with Crippen LogP contribution in [0.25, 0.3) is 0 Å². The molecule has 0 unspecified atom stereocenters. The van der Waals surface area contributed by atoms with Crippen LogP contribution < -0.4 is 10.5 Å². The zero-order valence-corrected chi connectivity index (χ0v) is 11.3. The molecule has 2 rings (SSSR count). The van der Waals surface area contributed by atoms with Crippen LogP contribution >= 0.6 is 0 Å². The molecule has 0 aliphatic rings. The Hall–Kier alpha value is -2.43. The number of hydrogen-bond acceptors (Lipinski definition) is 5. The van der Waals surface area contributed by atoms with Crippen LogP contribution in [0.15, 0.2) is 47.5 Å². The summed E-state index contributed by atoms with van der Waals surface area (Å²) in [5.74, 6) is 0.638. The number of nitrogens with zero attached hydrogens (tertiary/aromatic N) is 2. The first-order chi connectivity index (χ1) is 9.49. The fourth-order valence-electron chi connectivity index (χ4n) is 1.55. The lowest BCUT2D eigenvalue weighted by molar-refractivity contribution is 0.598. The van der Waals surface area contributed by atoms with Gasteiger partial charge < -0.3 is 5.32 Å². The molecule has 1 aromatic heterocycles. The molecule has 0 saturated carbocycles. The van der Waals surface area contributed by atoms with E-state index in [1.54, 1.807) is 24.3 Å². The monoisotopic (exact) mass is 288 g/mol. The van der Waals surface area contributed by atoms with Crippen LogP contribution in [0.1, 0.15) is 11.1 Å². The maximum atomic E-state index is 11.1. The Morgan fingerprint density at radius 2 is 1.90 bits per heavy atom. The van der Waals surface area contributed by atoms with Gasteiger partial charge in [-0.05, 0) is 29.8 Å². The second-order valence-electron chi connectivity index (χ2n) is 4.09. The van der Waals surface area contributed by atoms with Gasteiger partial charge in [0.05, 0.1) is 10.5 Å². The number of anilines is 1. The highest BCUT2D eigenvalue weighted by Crippen LogP contribution is 2.11. The van der Waals surface area contributed by atoms with E-state index in [1.165, 1.54) is 18.3 Å². The molecule has 0 bridgehead atoms. The second kappa shape index (κ2) is 5.69. The van der Waals surface area contributed by atoms with E-state index in [9.17, 15) is 8.42 Å². The number of nitrogens with one attached hydrogen (secondary N) is 1. The minimum atomic E-state index is -3.66. The van der Waals surface area contributed by atoms with Gasteiger partial charge in [0.1, 0.15) is 11.9 Å². The normalized spacial score (nSPS) is 10.8. The molecule has 3 N–H and O–H groups in total. The number of rotatable bonds is 4. The van der Waals surface area contributed by atoms with Crippen LogP contribution in [-0.4, -0.2) is 13.4 Å². The van der Waals surface area contributed by atoms with E-state index in [0.717, 1.165) is 5.56 Å². The van der Waals surface area contributed by atoms with Gasteiger partial charge in [-0.2, -0.15) is 5.26 Å². The van der Waals surface area contributed by atoms with Gasteiger partial charge in [-0.15, -0.1) is 0 Å². The van der Waals surface area contributed by atoms with Crippen LogP contribution in [-0.2, 0) is 16.6 Å². The predicted octanol–water partition coefficient (Wildman–Crippen LogP) is 1.21. The zero-order valence-electron chi connectivity index (χ0n) is 10.4. The van der Waals surface area contributed by atoms with Crippen molar-refractivity contribution in [2.24, 2.45) is 5.14 Å². The summed E-state index contributed by atoms with van der Waals surface area (Å²) >= 11 is 0. The maximum Gasteiger partial charge on any atom is 0.238 e. The molecule has 0 aliphatic heterocycles. The van der Waals surface area contributed by atoms with Crippen LogP contribution in [0.3, 0.4) is 0 Å². The van der Waals surface area contributed by atoms with Gasteiger partial charge in [0.2, 0.25) is 10.0 Å². The average Bonchev–Trinajstić information content (AvgIpc) is 2.45. The standard InChI is InChI=1S/C13H12N4O2S/c14-7-11-3-6-13(17-9-11)16-8-10-1-4-12(5-2-10)20(15,18)19/h1-6,9H,8H2,(H,16,17)(H2,15,18,19). The third-order valence-corrected chi connectivity index (χ3v) is 3.55. The third-order valence-electron chi connectivity index (χ3n) is 2.62. The molecule has 0 fully saturated rings. The molecular weight excluding hydrogens is 276 g/mol. The van der Waals surface area contributed by atoms with E-state index in [2.05, 4.69) is 10.3 Å². The van der Waals surface area contributed by atoms with Crippen molar-refractivity contribution in [1.82, 2.24) is 4.98 Å². The topological polar surface area (TPSA) is 109 Å². The molecule has 102 valence electrons. The number of benzene rings is 1. The van der Waals surface area contributed by atoms with Crippen molar-refractivity contribution in [3.05, 3.63) is 53.7 Å². The van der Waals surface area contributed by atoms with Gasteiger partial charge in [-0.1, -0.05) is 12.1 Å². The van der Waals surface area contributed by atoms with E-state index in [0.29, 0.717) is 17.9 Å². The molecule has 0 atom stereocenters. The lowest BCUT2D eigenvalue weighted by Crippen LogP contribution is -2.12. The minimum Gasteiger partial charge on any atom is -0.366 e. The quantitative estimate of drug-likeness (QED) is 0.879. The predicted molar refractivity (Wildman–Crippen MR) is 74.1 cm³/mol. The molecule has 1 heterocycles. The molecule has 0 amide bonds. The Bertz CT molecular complexity index is 731. The fourth-order valence-corrected chi connectivity index (χ4v) is 2.07. The largest absolute Gasteiger partial charge is 0.366 e. The molecule has 0 aliphatic carbocycles. The summed E-state index contributed by atoms with van der Waals surface area (Å²) in [6.07, 6.45) is 1.48. The van der Waals surface area contributed by atoms with Crippen LogP contribution in [0.4, 0.5) is 5.82 Å². The average molecular weight is 288 g/mol. The van der Waals surface area contributed by atoms with Gasteiger partial charge in [0.25, 0.3) is 0 Å². The summed E-state index contributed by atoms with van der Waals surface area (Å²) in [5.41, 5.74) is 1.39. The molecule has 20 heavy (non-hydrogen) atoms. The van der Waals surface area contributed by atoms with Gasteiger partial charge in [-0.3, -0.25) is 0 Å². The van der Waals surface area contributed by atoms with Crippen molar-refractivity contribution in [3.8, 4) is 6.07 Å². The van der Waals surface area contributed by atoms with Crippen molar-refractivity contribution >= 4 is 15.8 Å². The number of hydrogen-bond donors (Lipinski definition) is 2. The number of nitrogens with two attached hydrogens (primary N) is 1. The van der Waals surface area contributed by atoms with Crippen molar-refractivity contribution in [3.63, 3.8) is 0 Å². The van der Waals surface area contributed by atoms with Crippen LogP contribution in [0.5, 0.6) is 0 Å². The van der Waals surface area contributed by atoms with Crippen molar-refractivity contribution in [2.75, 3.05) is 5.32 Å². The zero-order chi connectivity index (χ0) is 14.6. The summed E-state index contributed by atoms with van der Waals surface area (Å²) < 4.78 is 22.2. The molecule has 0 radical (unpaired) electrons. The molecule has 6 nitrogen and oxygen atoms in total. The van der Waals surface area contributed by atoms with E-state index in [-0.39, 0.29) is 4.90 Å². The summed E-state index contributed by atoms with van der Waals surface area (Å²) in [5, 5.41) is 16.7. The number of nitriles is 1. The van der Waals surface area contributed by atoms with E-state index in [4.69, 9.17) is 10.4 Å². The first-order valence-corrected chi connectivity index (χ1v) is 7.25. The molecule has 1 aromatic carbocycles. The molecule has 0 spiro atoms. The van der Waals surface area contributed by atoms with Crippen LogP contribution in [0.2, 0.25) is 0 Å². The Labute approximate surface area is 116 Å². The van der Waals surface area contributed by atoms with Gasteiger partial charge in [0, 0.05) is 12.7 Å². The van der Waals surface area contributed by atoms with E-state index in [1.807, 2.05) is 6.07 Å². The summed E-state index contributed by atoms with van der Waals surface area (Å²) in [6.45, 7) is 0.490. The van der Waals surface area contributed by atoms with Crippen molar-refractivity contribution in [2.45, 2.75) is 11.4 Å². The molecule has 0 saturated heterocycles. The molecular formula is C13H12N4O2S. The van der Waals surface area contributed by atoms with Gasteiger partial charge in [-0.25, -0.2) is 18.5 Å². The van der Waals surface area contributed by atoms with Gasteiger partial charge in [0.15, 0.2) is 0 Å². The number of pyridine rings is 1. The lowest BCUT2D eigenvalue weighted by Gasteiger charge is -2.06. The number of aromatic nitrogens is 1. The smallest absolute Gasteiger partial charge is 0.238 e. The number of primary sulfonamides is 1. The fraction of sp³-hybridized carbons (Fsp3) is 0.0769. The first kappa shape index (κ1) is 14.0. The second-order valence-corrected chi connectivity index (χ2v) is 5.65. The van der Waals surface area contributed by atoms with Crippen molar-refractivity contribution in [1.29, 1.82) is 5.26 Å². The Balaban J connectivity index is 2.02. The summed E-state index contributed by atoms with van der Waals surface area (Å²) in [6, 6.07) is 11.6. The highest BCUT2D eigenvalue weighted by molar-refractivity contribution is 7.89. The maximum absolute atomic E-state index is 11.1. The first-order valence-electron chi connectivity index (χ1n) is 5.71. The molecule has 2 aromatic rings. The SMILES string of the molecule is N#Cc1ccc(NCc2ccc(S(N)(=O)=O)cc2)nc1. The summed E-state index contributed by atoms with van der Waals surface area (Å²) in [4.78, 5) is 4.15. The van der Waals surface area contributed by atoms with Crippen LogP contribution in [0, 0.1) is 11.3 Å². The summed E-state index contributed by atoms with van der Waals surface area (Å²) in [7, 11) is -3.66. The van der Waals surface area contributed by atoms with Crippen molar-refractivity contribution < 1.29 is 8.42 Å². The van der Waals surface area contributed by atoms with Gasteiger partial charge >= 0.3 is 0 Å². The van der Waals surface area contributed by atoms with E-state index >= 15 is 0 Å².